The Morgan fingerprint density at radius 1 is 1.24 bits per heavy atom. The molecular weight excluding hydrogens is 378 g/mol. The number of halogens is 1. The second-order valence-electron chi connectivity index (χ2n) is 5.73. The van der Waals surface area contributed by atoms with Gasteiger partial charge in [-0.2, -0.15) is 0 Å². The van der Waals surface area contributed by atoms with Crippen LogP contribution < -0.4 is 10.3 Å². The van der Waals surface area contributed by atoms with Crippen molar-refractivity contribution in [3.05, 3.63) is 51.7 Å². The predicted octanol–water partition coefficient (Wildman–Crippen LogP) is 4.21. The van der Waals surface area contributed by atoms with E-state index in [1.807, 2.05) is 44.2 Å². The molecule has 1 aromatic heterocycles. The molecule has 0 saturated carbocycles. The van der Waals surface area contributed by atoms with Gasteiger partial charge in [0.15, 0.2) is 5.17 Å². The van der Waals surface area contributed by atoms with E-state index in [1.54, 1.807) is 17.0 Å². The summed E-state index contributed by atoms with van der Waals surface area (Å²) < 4.78 is 0.536. The van der Waals surface area contributed by atoms with Crippen LogP contribution >= 0.6 is 34.7 Å². The van der Waals surface area contributed by atoms with E-state index in [4.69, 9.17) is 11.6 Å². The lowest BCUT2D eigenvalue weighted by Crippen LogP contribution is -2.34. The zero-order valence-corrected chi connectivity index (χ0v) is 16.0. The second kappa shape index (κ2) is 7.59. The van der Waals surface area contributed by atoms with Gasteiger partial charge in [0.2, 0.25) is 5.91 Å². The molecule has 0 spiro atoms. The first-order valence-corrected chi connectivity index (χ1v) is 9.74. The van der Waals surface area contributed by atoms with Crippen LogP contribution in [0.25, 0.3) is 0 Å². The number of nitrogens with one attached hydrogen (secondary N) is 1. The summed E-state index contributed by atoms with van der Waals surface area (Å²) in [5.41, 5.74) is 3.25. The number of rotatable bonds is 4. The number of anilines is 1. The highest BCUT2D eigenvalue weighted by molar-refractivity contribution is 8.16. The molecule has 1 saturated heterocycles. The Hall–Kier alpha value is -1.83. The number of amides is 2. The topological polar surface area (TPSA) is 61.8 Å². The van der Waals surface area contributed by atoms with Crippen molar-refractivity contribution in [1.82, 2.24) is 5.43 Å². The van der Waals surface area contributed by atoms with Crippen molar-refractivity contribution in [3.8, 4) is 0 Å². The van der Waals surface area contributed by atoms with Crippen LogP contribution in [0.3, 0.4) is 0 Å². The minimum atomic E-state index is -0.349. The van der Waals surface area contributed by atoms with Crippen LogP contribution in [0, 0.1) is 5.92 Å². The smallest absolute Gasteiger partial charge is 0.273 e. The highest BCUT2D eigenvalue weighted by Crippen LogP contribution is 2.35. The fourth-order valence-corrected chi connectivity index (χ4v) is 4.38. The van der Waals surface area contributed by atoms with E-state index in [-0.39, 0.29) is 23.0 Å². The van der Waals surface area contributed by atoms with Gasteiger partial charge >= 0.3 is 0 Å². The third-order valence-electron chi connectivity index (χ3n) is 3.56. The van der Waals surface area contributed by atoms with Gasteiger partial charge in [-0.05, 0) is 30.2 Å². The van der Waals surface area contributed by atoms with Crippen molar-refractivity contribution in [2.45, 2.75) is 19.1 Å². The van der Waals surface area contributed by atoms with E-state index in [2.05, 4.69) is 10.5 Å². The maximum atomic E-state index is 12.8. The van der Waals surface area contributed by atoms with Crippen molar-refractivity contribution in [2.24, 2.45) is 11.0 Å². The number of nitrogens with zero attached hydrogens (tertiary/aromatic N) is 2. The number of para-hydroxylation sites is 1. The third kappa shape index (κ3) is 3.89. The Morgan fingerprint density at radius 3 is 2.56 bits per heavy atom. The number of amidine groups is 1. The Morgan fingerprint density at radius 2 is 1.96 bits per heavy atom. The van der Waals surface area contributed by atoms with Gasteiger partial charge in [0.25, 0.3) is 5.91 Å². The summed E-state index contributed by atoms with van der Waals surface area (Å²) in [5, 5.41) is 4.43. The fourth-order valence-electron chi connectivity index (χ4n) is 2.34. The molecule has 1 unspecified atom stereocenters. The molecule has 2 aromatic rings. The lowest BCUT2D eigenvalue weighted by atomic mass is 10.1. The van der Waals surface area contributed by atoms with E-state index in [1.165, 1.54) is 23.1 Å². The molecule has 3 rings (SSSR count). The summed E-state index contributed by atoms with van der Waals surface area (Å²) in [5.74, 6) is -0.222. The first kappa shape index (κ1) is 18.0. The first-order chi connectivity index (χ1) is 12.0. The van der Waals surface area contributed by atoms with E-state index < -0.39 is 0 Å². The normalized spacial score (nSPS) is 19.0. The van der Waals surface area contributed by atoms with Crippen molar-refractivity contribution >= 4 is 57.4 Å². The molecule has 1 fully saturated rings. The van der Waals surface area contributed by atoms with Crippen LogP contribution in [0.4, 0.5) is 5.69 Å². The Kier molecular flexibility index (Phi) is 5.46. The molecule has 0 radical (unpaired) electrons. The summed E-state index contributed by atoms with van der Waals surface area (Å²) in [6.07, 6.45) is 0. The second-order valence-corrected chi connectivity index (χ2v) is 8.55. The Balaban J connectivity index is 1.86. The van der Waals surface area contributed by atoms with E-state index in [0.717, 1.165) is 5.69 Å². The molecule has 5 nitrogen and oxygen atoms in total. The number of carbonyl (C=O) groups excluding carboxylic acids is 2. The van der Waals surface area contributed by atoms with E-state index >= 15 is 0 Å². The highest BCUT2D eigenvalue weighted by atomic mass is 35.5. The van der Waals surface area contributed by atoms with Crippen LogP contribution in [0.5, 0.6) is 0 Å². The van der Waals surface area contributed by atoms with Gasteiger partial charge in [-0.15, -0.1) is 16.4 Å². The van der Waals surface area contributed by atoms with Gasteiger partial charge in [0, 0.05) is 0 Å². The third-order valence-corrected chi connectivity index (χ3v) is 6.27. The standard InChI is InChI=1S/C17H16ClN3O2S2/c1-10(2)14-16(23)21(11-6-4-3-5-7-11)17(25-14)20-19-15(22)12-8-9-13(18)24-12/h3-10,14H,1-2H3,(H,19,22)/b20-17-. The average Bonchev–Trinajstić information content (AvgIpc) is 3.17. The number of thiophene rings is 1. The lowest BCUT2D eigenvalue weighted by molar-refractivity contribution is -0.117. The monoisotopic (exact) mass is 393 g/mol. The van der Waals surface area contributed by atoms with Gasteiger partial charge in [0.05, 0.1) is 20.2 Å². The molecule has 2 amide bonds. The number of carbonyl (C=O) groups is 2. The van der Waals surface area contributed by atoms with Crippen LogP contribution in [0.1, 0.15) is 23.5 Å². The molecule has 1 N–H and O–H groups in total. The van der Waals surface area contributed by atoms with Gasteiger partial charge in [-0.3, -0.25) is 14.5 Å². The fraction of sp³-hybridized carbons (Fsp3) is 0.235. The van der Waals surface area contributed by atoms with Crippen LogP contribution in [0.15, 0.2) is 47.6 Å². The minimum Gasteiger partial charge on any atom is -0.273 e. The van der Waals surface area contributed by atoms with Crippen molar-refractivity contribution in [1.29, 1.82) is 0 Å². The SMILES string of the molecule is CC(C)C1S/C(=N\NC(=O)c2ccc(Cl)s2)N(c2ccccc2)C1=O. The highest BCUT2D eigenvalue weighted by Gasteiger charge is 2.40. The molecule has 0 aliphatic carbocycles. The lowest BCUT2D eigenvalue weighted by Gasteiger charge is -2.16. The number of thioether (sulfide) groups is 1. The molecule has 130 valence electrons. The van der Waals surface area contributed by atoms with Crippen LogP contribution in [-0.2, 0) is 4.79 Å². The number of hydrazone groups is 1. The van der Waals surface area contributed by atoms with Gasteiger partial charge < -0.3 is 0 Å². The molecule has 1 aliphatic heterocycles. The van der Waals surface area contributed by atoms with Crippen molar-refractivity contribution in [3.63, 3.8) is 0 Å². The molecular formula is C17H16ClN3O2S2. The maximum Gasteiger partial charge on any atom is 0.281 e. The zero-order chi connectivity index (χ0) is 18.0. The molecule has 1 aromatic carbocycles. The zero-order valence-electron chi connectivity index (χ0n) is 13.6. The molecule has 2 heterocycles. The molecule has 1 atom stereocenters. The van der Waals surface area contributed by atoms with Crippen molar-refractivity contribution in [2.75, 3.05) is 4.90 Å². The number of hydrogen-bond acceptors (Lipinski definition) is 5. The van der Waals surface area contributed by atoms with Gasteiger partial charge in [-0.25, -0.2) is 5.43 Å². The summed E-state index contributed by atoms with van der Waals surface area (Å²) in [6, 6.07) is 12.6. The van der Waals surface area contributed by atoms with Crippen LogP contribution in [-0.4, -0.2) is 22.2 Å². The average molecular weight is 394 g/mol. The number of benzene rings is 1. The summed E-state index contributed by atoms with van der Waals surface area (Å²) >= 11 is 8.39. The largest absolute Gasteiger partial charge is 0.281 e. The minimum absolute atomic E-state index is 0.0293. The molecule has 1 aliphatic rings. The van der Waals surface area contributed by atoms with E-state index in [0.29, 0.717) is 14.4 Å². The summed E-state index contributed by atoms with van der Waals surface area (Å²) in [6.45, 7) is 3.99. The Bertz CT molecular complexity index is 820. The summed E-state index contributed by atoms with van der Waals surface area (Å²) in [4.78, 5) is 27.0. The molecule has 0 bridgehead atoms. The Labute approximate surface area is 159 Å². The van der Waals surface area contributed by atoms with Gasteiger partial charge in [-0.1, -0.05) is 55.4 Å². The molecule has 25 heavy (non-hydrogen) atoms. The van der Waals surface area contributed by atoms with Crippen LogP contribution in [0.2, 0.25) is 4.34 Å². The van der Waals surface area contributed by atoms with E-state index in [9.17, 15) is 9.59 Å². The van der Waals surface area contributed by atoms with Gasteiger partial charge in [0.1, 0.15) is 0 Å². The maximum absolute atomic E-state index is 12.8. The number of hydrogen-bond donors (Lipinski definition) is 1. The predicted molar refractivity (Wildman–Crippen MR) is 104 cm³/mol. The summed E-state index contributed by atoms with van der Waals surface area (Å²) in [7, 11) is 0. The first-order valence-electron chi connectivity index (χ1n) is 7.66. The molecule has 8 heteroatoms. The quantitative estimate of drug-likeness (QED) is 0.791. The van der Waals surface area contributed by atoms with Crippen molar-refractivity contribution < 1.29 is 9.59 Å².